The summed E-state index contributed by atoms with van der Waals surface area (Å²) in [6.07, 6.45) is 0.584. The molecule has 3 N–H and O–H groups in total. The molecule has 1 saturated carbocycles. The van der Waals surface area contributed by atoms with E-state index in [1.54, 1.807) is 58.0 Å². The van der Waals surface area contributed by atoms with Crippen LogP contribution in [0.4, 0.5) is 26.4 Å². The summed E-state index contributed by atoms with van der Waals surface area (Å²) in [6.45, 7) is 12.5. The third-order valence-electron chi connectivity index (χ3n) is 7.54. The van der Waals surface area contributed by atoms with Crippen molar-refractivity contribution in [1.29, 1.82) is 0 Å². The van der Waals surface area contributed by atoms with Crippen molar-refractivity contribution in [3.8, 4) is 5.69 Å². The van der Waals surface area contributed by atoms with Gasteiger partial charge in [0.25, 0.3) is 11.1 Å². The van der Waals surface area contributed by atoms with Gasteiger partial charge in [-0.3, -0.25) is 28.1 Å². The zero-order valence-electron chi connectivity index (χ0n) is 28.6. The Balaban J connectivity index is 0.00000255. The number of benzene rings is 2. The molecule has 1 aliphatic carbocycles. The van der Waals surface area contributed by atoms with E-state index in [0.717, 1.165) is 0 Å². The molecule has 0 bridgehead atoms. The number of carbonyl (C=O) groups excluding carboxylic acids is 2. The van der Waals surface area contributed by atoms with Gasteiger partial charge in [-0.15, -0.1) is 0 Å². The van der Waals surface area contributed by atoms with Crippen LogP contribution in [0.5, 0.6) is 0 Å². The summed E-state index contributed by atoms with van der Waals surface area (Å²) in [5.74, 6) is -0.921. The fraction of sp³-hybridized carbons (Fsp3) is 0.400. The molecule has 0 atom stereocenters. The summed E-state index contributed by atoms with van der Waals surface area (Å²) >= 11 is 0. The number of amides is 2. The second-order valence-corrected chi connectivity index (χ2v) is 12.5. The molecule has 2 amide bonds. The highest BCUT2D eigenvalue weighted by atomic mass is 19.1. The van der Waals surface area contributed by atoms with E-state index < -0.39 is 40.2 Å². The normalized spacial score (nSPS) is 12.6. The molecular formula is C35H43FN6O6. The van der Waals surface area contributed by atoms with E-state index in [9.17, 15) is 28.4 Å². The van der Waals surface area contributed by atoms with E-state index in [0.29, 0.717) is 29.8 Å². The van der Waals surface area contributed by atoms with Gasteiger partial charge in [0.1, 0.15) is 22.6 Å². The largest absolute Gasteiger partial charge is 0.444 e. The number of aromatic nitrogens is 3. The van der Waals surface area contributed by atoms with Gasteiger partial charge in [0.05, 0.1) is 16.9 Å². The quantitative estimate of drug-likeness (QED) is 0.224. The monoisotopic (exact) mass is 662 g/mol. The number of anilines is 3. The zero-order chi connectivity index (χ0) is 35.5. The van der Waals surface area contributed by atoms with Crippen LogP contribution in [0.1, 0.15) is 71.0 Å². The van der Waals surface area contributed by atoms with Crippen molar-refractivity contribution in [1.82, 2.24) is 19.0 Å². The van der Waals surface area contributed by atoms with E-state index in [4.69, 9.17) is 4.74 Å². The number of aryl methyl sites for hydroxylation is 2. The van der Waals surface area contributed by atoms with Crippen LogP contribution in [0.3, 0.4) is 0 Å². The van der Waals surface area contributed by atoms with Crippen molar-refractivity contribution in [2.75, 3.05) is 17.2 Å². The molecule has 12 nitrogen and oxygen atoms in total. The van der Waals surface area contributed by atoms with Crippen molar-refractivity contribution in [3.63, 3.8) is 0 Å². The van der Waals surface area contributed by atoms with Crippen LogP contribution in [-0.4, -0.2) is 37.8 Å². The molecule has 2 heterocycles. The van der Waals surface area contributed by atoms with Gasteiger partial charge >= 0.3 is 11.8 Å². The second-order valence-electron chi connectivity index (χ2n) is 12.5. The van der Waals surface area contributed by atoms with Gasteiger partial charge in [-0.25, -0.2) is 14.0 Å². The maximum absolute atomic E-state index is 15.0. The summed E-state index contributed by atoms with van der Waals surface area (Å²) in [6, 6.07) is 10.7. The van der Waals surface area contributed by atoms with Gasteiger partial charge in [-0.2, -0.15) is 0 Å². The van der Waals surface area contributed by atoms with E-state index >= 15 is 0 Å². The van der Waals surface area contributed by atoms with Crippen LogP contribution in [0, 0.1) is 19.7 Å². The number of fused-ring (bicyclic) bond motifs is 1. The Morgan fingerprint density at radius 1 is 1.00 bits per heavy atom. The number of hydrogen-bond acceptors (Lipinski definition) is 7. The van der Waals surface area contributed by atoms with Crippen molar-refractivity contribution >= 4 is 40.1 Å². The Bertz CT molecular complexity index is 2050. The van der Waals surface area contributed by atoms with E-state index in [1.807, 2.05) is 13.8 Å². The molecule has 0 unspecified atom stereocenters. The molecule has 2 aromatic heterocycles. The van der Waals surface area contributed by atoms with Gasteiger partial charge in [0.2, 0.25) is 5.91 Å². The maximum Gasteiger partial charge on any atom is 0.407 e. The highest BCUT2D eigenvalue weighted by molar-refractivity contribution is 5.94. The zero-order valence-corrected chi connectivity index (χ0v) is 28.6. The van der Waals surface area contributed by atoms with Crippen molar-refractivity contribution in [2.45, 2.75) is 79.4 Å². The van der Waals surface area contributed by atoms with Crippen LogP contribution in [-0.2, 0) is 16.6 Å². The van der Waals surface area contributed by atoms with Crippen molar-refractivity contribution < 1.29 is 18.7 Å². The first-order valence-corrected chi connectivity index (χ1v) is 16.0. The van der Waals surface area contributed by atoms with E-state index in [1.165, 1.54) is 39.8 Å². The number of halogens is 1. The minimum absolute atomic E-state index is 0.0384. The molecule has 0 radical (unpaired) electrons. The molecule has 5 rings (SSSR count). The van der Waals surface area contributed by atoms with Crippen LogP contribution in [0.2, 0.25) is 0 Å². The predicted octanol–water partition coefficient (Wildman–Crippen LogP) is 5.57. The lowest BCUT2D eigenvalue weighted by molar-refractivity contribution is -0.116. The highest BCUT2D eigenvalue weighted by Crippen LogP contribution is 2.34. The van der Waals surface area contributed by atoms with Gasteiger partial charge in [0.15, 0.2) is 0 Å². The van der Waals surface area contributed by atoms with Gasteiger partial charge in [0, 0.05) is 37.3 Å². The molecule has 0 spiro atoms. The number of alkyl carbamates (subject to hydrolysis) is 1. The number of rotatable bonds is 8. The Kier molecular flexibility index (Phi) is 10.6. The number of nitrogens with one attached hydrogen (secondary N) is 3. The number of pyridine rings is 1. The Morgan fingerprint density at radius 2 is 1.69 bits per heavy atom. The van der Waals surface area contributed by atoms with Gasteiger partial charge < -0.3 is 20.7 Å². The smallest absolute Gasteiger partial charge is 0.407 e. The summed E-state index contributed by atoms with van der Waals surface area (Å²) < 4.78 is 23.8. The molecule has 4 aromatic rings. The maximum atomic E-state index is 15.0. The van der Waals surface area contributed by atoms with Crippen LogP contribution in [0.15, 0.2) is 56.8 Å². The Hall–Kier alpha value is -5.20. The SMILES string of the molecule is CC.Cc1ccc(Nc2c3c(=O)n(C4CC4)c(=O)n(-c4cccc(NC(=O)CCNC(=O)OC(C)(C)C)c4)c3c(C)c(=O)n2C)c(F)c1. The number of carbonyl (C=O) groups is 2. The third kappa shape index (κ3) is 7.67. The minimum atomic E-state index is -0.673. The molecule has 0 saturated heterocycles. The Morgan fingerprint density at radius 3 is 2.31 bits per heavy atom. The van der Waals surface area contributed by atoms with Crippen LogP contribution >= 0.6 is 0 Å². The van der Waals surface area contributed by atoms with Crippen LogP contribution in [0.25, 0.3) is 16.6 Å². The molecule has 2 aromatic carbocycles. The lowest BCUT2D eigenvalue weighted by Gasteiger charge is -2.21. The van der Waals surface area contributed by atoms with Gasteiger partial charge in [-0.1, -0.05) is 26.0 Å². The predicted molar refractivity (Wildman–Crippen MR) is 185 cm³/mol. The number of nitrogens with zero attached hydrogens (tertiary/aromatic N) is 3. The van der Waals surface area contributed by atoms with Crippen molar-refractivity contribution in [3.05, 3.63) is 90.6 Å². The lowest BCUT2D eigenvalue weighted by atomic mass is 10.1. The fourth-order valence-corrected chi connectivity index (χ4v) is 5.24. The summed E-state index contributed by atoms with van der Waals surface area (Å²) in [5, 5.41) is 8.29. The van der Waals surface area contributed by atoms with E-state index in [2.05, 4.69) is 16.0 Å². The summed E-state index contributed by atoms with van der Waals surface area (Å²) in [4.78, 5) is 66.2. The van der Waals surface area contributed by atoms with Crippen LogP contribution < -0.4 is 32.8 Å². The second kappa shape index (κ2) is 14.3. The average molecular weight is 663 g/mol. The van der Waals surface area contributed by atoms with E-state index in [-0.39, 0.29) is 47.0 Å². The molecule has 13 heteroatoms. The molecule has 48 heavy (non-hydrogen) atoms. The molecule has 256 valence electrons. The first kappa shape index (κ1) is 35.7. The first-order chi connectivity index (χ1) is 22.7. The third-order valence-corrected chi connectivity index (χ3v) is 7.54. The standard InChI is InChI=1S/C33H37FN6O6.C2H6/c1-18-10-13-24(23(34)16-18)37-28-26-27(19(2)29(42)38(28)6)39(32(45)40(30(26)43)21-11-12-21)22-9-7-8-20(17-22)36-25(41)14-15-35-31(44)46-33(3,4)5;1-2/h7-10,13,16-17,21,37H,11-12,14-15H2,1-6H3,(H,35,44)(H,36,41);1-2H3. The average Bonchev–Trinajstić information content (AvgIpc) is 3.85. The molecule has 1 aliphatic rings. The Labute approximate surface area is 277 Å². The summed E-state index contributed by atoms with van der Waals surface area (Å²) in [7, 11) is 1.48. The fourth-order valence-electron chi connectivity index (χ4n) is 5.24. The number of hydrogen-bond donors (Lipinski definition) is 3. The number of ether oxygens (including phenoxy) is 1. The molecule has 0 aliphatic heterocycles. The minimum Gasteiger partial charge on any atom is -0.444 e. The first-order valence-electron chi connectivity index (χ1n) is 16.0. The lowest BCUT2D eigenvalue weighted by Crippen LogP contribution is -2.41. The van der Waals surface area contributed by atoms with Crippen molar-refractivity contribution in [2.24, 2.45) is 7.05 Å². The van der Waals surface area contributed by atoms with Gasteiger partial charge in [-0.05, 0) is 83.4 Å². The summed E-state index contributed by atoms with van der Waals surface area (Å²) in [5.41, 5.74) is -0.739. The highest BCUT2D eigenvalue weighted by Gasteiger charge is 2.31. The molecule has 1 fully saturated rings. The topological polar surface area (TPSA) is 145 Å². The molecular weight excluding hydrogens is 619 g/mol.